The van der Waals surface area contributed by atoms with Crippen molar-refractivity contribution in [3.63, 3.8) is 0 Å². The minimum Gasteiger partial charge on any atom is -0.508 e. The van der Waals surface area contributed by atoms with E-state index in [0.29, 0.717) is 4.88 Å². The van der Waals surface area contributed by atoms with Crippen LogP contribution < -0.4 is 0 Å². The Morgan fingerprint density at radius 3 is 2.26 bits per heavy atom. The van der Waals surface area contributed by atoms with Crippen LogP contribution in [0, 0.1) is 13.8 Å². The summed E-state index contributed by atoms with van der Waals surface area (Å²) in [6, 6.07) is 12.1. The number of phenols is 2. The van der Waals surface area contributed by atoms with E-state index in [1.807, 2.05) is 32.0 Å². The zero-order valence-electron chi connectivity index (χ0n) is 12.8. The molecule has 4 heteroatoms. The van der Waals surface area contributed by atoms with Crippen molar-refractivity contribution in [1.29, 1.82) is 0 Å². The van der Waals surface area contributed by atoms with E-state index < -0.39 is 0 Å². The normalized spacial score (nSPS) is 10.7. The third kappa shape index (κ3) is 2.73. The number of hydrogen-bond acceptors (Lipinski definition) is 4. The highest BCUT2D eigenvalue weighted by atomic mass is 32.1. The predicted octanol–water partition coefficient (Wildman–Crippen LogP) is 4.92. The van der Waals surface area contributed by atoms with E-state index in [1.165, 1.54) is 11.3 Å². The van der Waals surface area contributed by atoms with Gasteiger partial charge in [-0.1, -0.05) is 6.07 Å². The van der Waals surface area contributed by atoms with Crippen LogP contribution in [0.25, 0.3) is 21.6 Å². The zero-order chi connectivity index (χ0) is 16.6. The standard InChI is InChI=1S/C19H16O3S/c1-11-3-6-15(22)9-16(11)18-12(2)19(23-17(18)10-20)13-4-7-14(21)8-5-13/h3-10,21-22H,1-2H3. The smallest absolute Gasteiger partial charge is 0.160 e. The first-order chi connectivity index (χ1) is 11.0. The molecule has 0 fully saturated rings. The Morgan fingerprint density at radius 2 is 1.61 bits per heavy atom. The summed E-state index contributed by atoms with van der Waals surface area (Å²) in [6.45, 7) is 3.94. The van der Waals surface area contributed by atoms with Crippen LogP contribution in [0.15, 0.2) is 42.5 Å². The first kappa shape index (κ1) is 15.3. The molecule has 3 rings (SSSR count). The molecule has 3 aromatic rings. The van der Waals surface area contributed by atoms with Gasteiger partial charge in [0.25, 0.3) is 0 Å². The summed E-state index contributed by atoms with van der Waals surface area (Å²) in [4.78, 5) is 13.2. The van der Waals surface area contributed by atoms with Crippen LogP contribution in [0.5, 0.6) is 11.5 Å². The largest absolute Gasteiger partial charge is 0.508 e. The van der Waals surface area contributed by atoms with Crippen molar-refractivity contribution in [3.8, 4) is 33.1 Å². The van der Waals surface area contributed by atoms with Gasteiger partial charge in [-0.2, -0.15) is 0 Å². The van der Waals surface area contributed by atoms with Crippen LogP contribution in [0.4, 0.5) is 0 Å². The molecule has 0 aliphatic heterocycles. The number of thiophene rings is 1. The lowest BCUT2D eigenvalue weighted by Crippen LogP contribution is -1.88. The van der Waals surface area contributed by atoms with Crippen LogP contribution in [0.3, 0.4) is 0 Å². The summed E-state index contributed by atoms with van der Waals surface area (Å²) in [5, 5.41) is 19.2. The summed E-state index contributed by atoms with van der Waals surface area (Å²) < 4.78 is 0. The number of aryl methyl sites for hydroxylation is 1. The van der Waals surface area contributed by atoms with Crippen molar-refractivity contribution in [3.05, 3.63) is 58.5 Å². The average Bonchev–Trinajstić information content (AvgIpc) is 2.87. The molecule has 116 valence electrons. The molecule has 0 radical (unpaired) electrons. The summed E-state index contributed by atoms with van der Waals surface area (Å²) in [7, 11) is 0. The number of carbonyl (C=O) groups is 1. The van der Waals surface area contributed by atoms with Gasteiger partial charge < -0.3 is 10.2 Å². The van der Waals surface area contributed by atoms with E-state index in [0.717, 1.165) is 39.0 Å². The van der Waals surface area contributed by atoms with Crippen LogP contribution in [-0.4, -0.2) is 16.5 Å². The van der Waals surface area contributed by atoms with Crippen molar-refractivity contribution >= 4 is 17.6 Å². The molecule has 0 saturated carbocycles. The molecule has 0 aliphatic carbocycles. The first-order valence-electron chi connectivity index (χ1n) is 7.19. The number of aldehydes is 1. The minimum atomic E-state index is 0.180. The lowest BCUT2D eigenvalue weighted by Gasteiger charge is -2.08. The van der Waals surface area contributed by atoms with Gasteiger partial charge in [-0.05, 0) is 72.5 Å². The maximum Gasteiger partial charge on any atom is 0.160 e. The number of carbonyl (C=O) groups excluding carboxylic acids is 1. The average molecular weight is 324 g/mol. The van der Waals surface area contributed by atoms with Crippen LogP contribution in [0.2, 0.25) is 0 Å². The SMILES string of the molecule is Cc1ccc(O)cc1-c1c(C=O)sc(-c2ccc(O)cc2)c1C. The van der Waals surface area contributed by atoms with E-state index in [2.05, 4.69) is 0 Å². The predicted molar refractivity (Wildman–Crippen MR) is 93.4 cm³/mol. The van der Waals surface area contributed by atoms with Crippen molar-refractivity contribution < 1.29 is 15.0 Å². The Labute approximate surface area is 138 Å². The Bertz CT molecular complexity index is 876. The molecule has 1 aromatic heterocycles. The molecule has 0 bridgehead atoms. The van der Waals surface area contributed by atoms with Crippen LogP contribution in [0.1, 0.15) is 20.8 Å². The topological polar surface area (TPSA) is 57.5 Å². The monoisotopic (exact) mass is 324 g/mol. The van der Waals surface area contributed by atoms with E-state index in [1.54, 1.807) is 24.3 Å². The number of aromatic hydroxyl groups is 2. The van der Waals surface area contributed by atoms with Crippen molar-refractivity contribution in [2.45, 2.75) is 13.8 Å². The van der Waals surface area contributed by atoms with Crippen LogP contribution in [-0.2, 0) is 0 Å². The molecular formula is C19H16O3S. The first-order valence-corrected chi connectivity index (χ1v) is 8.01. The Kier molecular flexibility index (Phi) is 3.92. The van der Waals surface area contributed by atoms with Gasteiger partial charge in [-0.3, -0.25) is 4.79 Å². The molecule has 0 atom stereocenters. The Morgan fingerprint density at radius 1 is 0.957 bits per heavy atom. The number of benzene rings is 2. The molecule has 0 unspecified atom stereocenters. The lowest BCUT2D eigenvalue weighted by atomic mass is 9.95. The Hall–Kier alpha value is -2.59. The summed E-state index contributed by atoms with van der Waals surface area (Å²) in [6.07, 6.45) is 0.862. The molecule has 2 N–H and O–H groups in total. The van der Waals surface area contributed by atoms with E-state index >= 15 is 0 Å². The highest BCUT2D eigenvalue weighted by Gasteiger charge is 2.19. The second-order valence-electron chi connectivity index (χ2n) is 5.46. The molecule has 0 spiro atoms. The third-order valence-corrected chi connectivity index (χ3v) is 5.17. The molecule has 23 heavy (non-hydrogen) atoms. The van der Waals surface area contributed by atoms with Crippen molar-refractivity contribution in [1.82, 2.24) is 0 Å². The van der Waals surface area contributed by atoms with E-state index in [4.69, 9.17) is 0 Å². The second kappa shape index (κ2) is 5.89. The number of hydrogen-bond donors (Lipinski definition) is 2. The molecule has 0 aliphatic rings. The van der Waals surface area contributed by atoms with E-state index in [9.17, 15) is 15.0 Å². The molecule has 1 heterocycles. The van der Waals surface area contributed by atoms with Gasteiger partial charge in [0.05, 0.1) is 4.88 Å². The van der Waals surface area contributed by atoms with Gasteiger partial charge >= 0.3 is 0 Å². The Balaban J connectivity index is 2.24. The molecule has 0 amide bonds. The summed E-state index contributed by atoms with van der Waals surface area (Å²) in [5.74, 6) is 0.391. The van der Waals surface area contributed by atoms with Gasteiger partial charge in [0.15, 0.2) is 6.29 Å². The van der Waals surface area contributed by atoms with Crippen molar-refractivity contribution in [2.24, 2.45) is 0 Å². The maximum atomic E-state index is 11.6. The van der Waals surface area contributed by atoms with Crippen molar-refractivity contribution in [2.75, 3.05) is 0 Å². The van der Waals surface area contributed by atoms with Gasteiger partial charge in [-0.15, -0.1) is 11.3 Å². The number of phenolic OH excluding ortho intramolecular Hbond substituents is 2. The fourth-order valence-corrected chi connectivity index (χ4v) is 3.86. The lowest BCUT2D eigenvalue weighted by molar-refractivity contribution is 0.112. The fourth-order valence-electron chi connectivity index (χ4n) is 2.72. The molecule has 2 aromatic carbocycles. The zero-order valence-corrected chi connectivity index (χ0v) is 13.6. The van der Waals surface area contributed by atoms with Gasteiger partial charge in [0.2, 0.25) is 0 Å². The molecular weight excluding hydrogens is 308 g/mol. The summed E-state index contributed by atoms with van der Waals surface area (Å²) in [5.41, 5.74) is 4.69. The summed E-state index contributed by atoms with van der Waals surface area (Å²) >= 11 is 1.42. The molecule has 3 nitrogen and oxygen atoms in total. The quantitative estimate of drug-likeness (QED) is 0.672. The highest BCUT2D eigenvalue weighted by molar-refractivity contribution is 7.17. The van der Waals surface area contributed by atoms with Crippen LogP contribution >= 0.6 is 11.3 Å². The molecule has 0 saturated heterocycles. The van der Waals surface area contributed by atoms with Gasteiger partial charge in [0.1, 0.15) is 11.5 Å². The highest BCUT2D eigenvalue weighted by Crippen LogP contribution is 2.43. The van der Waals surface area contributed by atoms with E-state index in [-0.39, 0.29) is 11.5 Å². The number of rotatable bonds is 3. The van der Waals surface area contributed by atoms with Gasteiger partial charge in [0, 0.05) is 10.4 Å². The maximum absolute atomic E-state index is 11.6. The third-order valence-electron chi connectivity index (χ3n) is 3.90. The fraction of sp³-hybridized carbons (Fsp3) is 0.105. The minimum absolute atomic E-state index is 0.180. The van der Waals surface area contributed by atoms with Gasteiger partial charge in [-0.25, -0.2) is 0 Å². The second-order valence-corrected chi connectivity index (χ2v) is 6.51.